The van der Waals surface area contributed by atoms with Gasteiger partial charge in [0.15, 0.2) is 0 Å². The first-order chi connectivity index (χ1) is 7.63. The number of rotatable bonds is 4. The van der Waals surface area contributed by atoms with Crippen molar-refractivity contribution in [2.75, 3.05) is 6.61 Å². The predicted octanol–water partition coefficient (Wildman–Crippen LogP) is 1.63. The van der Waals surface area contributed by atoms with Crippen molar-refractivity contribution >= 4 is 21.8 Å². The smallest absolute Gasteiger partial charge is 0.224 e. The van der Waals surface area contributed by atoms with Gasteiger partial charge in [-0.25, -0.2) is 0 Å². The van der Waals surface area contributed by atoms with Crippen molar-refractivity contribution in [3.8, 4) is 0 Å². The highest BCUT2D eigenvalue weighted by Gasteiger charge is 2.43. The zero-order valence-electron chi connectivity index (χ0n) is 8.87. The molecule has 0 heterocycles. The number of aliphatic hydroxyl groups excluding tert-OH is 1. The van der Waals surface area contributed by atoms with Crippen molar-refractivity contribution in [2.24, 2.45) is 0 Å². The topological polar surface area (TPSA) is 49.3 Å². The van der Waals surface area contributed by atoms with Gasteiger partial charge in [0.1, 0.15) is 0 Å². The van der Waals surface area contributed by atoms with Gasteiger partial charge in [0.2, 0.25) is 5.91 Å². The second-order valence-corrected chi connectivity index (χ2v) is 5.21. The molecule has 0 saturated heterocycles. The SMILES string of the molecule is O=C(Cc1cccc(Br)c1)NC1(CO)CC1. The Bertz CT molecular complexity index is 402. The average molecular weight is 284 g/mol. The molecule has 3 nitrogen and oxygen atoms in total. The van der Waals surface area contributed by atoms with Gasteiger partial charge in [-0.2, -0.15) is 0 Å². The molecule has 1 saturated carbocycles. The van der Waals surface area contributed by atoms with E-state index in [9.17, 15) is 4.79 Å². The molecule has 2 N–H and O–H groups in total. The molecule has 4 heteroatoms. The summed E-state index contributed by atoms with van der Waals surface area (Å²) in [6.45, 7) is 0.0389. The second-order valence-electron chi connectivity index (χ2n) is 4.29. The number of carbonyl (C=O) groups excluding carboxylic acids is 1. The summed E-state index contributed by atoms with van der Waals surface area (Å²) in [5.74, 6) is -0.0235. The fourth-order valence-electron chi connectivity index (χ4n) is 1.65. The monoisotopic (exact) mass is 283 g/mol. The molecule has 1 amide bonds. The van der Waals surface area contributed by atoms with Crippen LogP contribution in [0.4, 0.5) is 0 Å². The van der Waals surface area contributed by atoms with Crippen LogP contribution in [0.15, 0.2) is 28.7 Å². The molecule has 1 aromatic carbocycles. The van der Waals surface area contributed by atoms with Gasteiger partial charge in [0.05, 0.1) is 18.6 Å². The average Bonchev–Trinajstić information content (AvgIpc) is 2.98. The van der Waals surface area contributed by atoms with E-state index in [2.05, 4.69) is 21.2 Å². The van der Waals surface area contributed by atoms with E-state index in [1.807, 2.05) is 24.3 Å². The molecule has 0 atom stereocenters. The normalized spacial score (nSPS) is 16.9. The van der Waals surface area contributed by atoms with Crippen molar-refractivity contribution in [1.82, 2.24) is 5.32 Å². The largest absolute Gasteiger partial charge is 0.394 e. The van der Waals surface area contributed by atoms with Gasteiger partial charge >= 0.3 is 0 Å². The molecule has 0 radical (unpaired) electrons. The molecular formula is C12H14BrNO2. The van der Waals surface area contributed by atoms with Crippen LogP contribution in [0.5, 0.6) is 0 Å². The third-order valence-corrected chi connectivity index (χ3v) is 3.31. The van der Waals surface area contributed by atoms with E-state index in [-0.39, 0.29) is 18.1 Å². The molecule has 1 aromatic rings. The van der Waals surface area contributed by atoms with Crippen LogP contribution in [0.3, 0.4) is 0 Å². The van der Waals surface area contributed by atoms with Crippen LogP contribution in [-0.4, -0.2) is 23.2 Å². The summed E-state index contributed by atoms with van der Waals surface area (Å²) in [6.07, 6.45) is 2.13. The minimum absolute atomic E-state index is 0.0235. The first-order valence-electron chi connectivity index (χ1n) is 5.30. The van der Waals surface area contributed by atoms with Crippen LogP contribution < -0.4 is 5.32 Å². The Morgan fingerprint density at radius 2 is 2.25 bits per heavy atom. The molecule has 1 fully saturated rings. The van der Waals surface area contributed by atoms with Crippen molar-refractivity contribution in [3.05, 3.63) is 34.3 Å². The van der Waals surface area contributed by atoms with Crippen molar-refractivity contribution < 1.29 is 9.90 Å². The fourth-order valence-corrected chi connectivity index (χ4v) is 2.09. The number of carbonyl (C=O) groups is 1. The molecule has 16 heavy (non-hydrogen) atoms. The Kier molecular flexibility index (Phi) is 3.30. The fraction of sp³-hybridized carbons (Fsp3) is 0.417. The maximum Gasteiger partial charge on any atom is 0.224 e. The lowest BCUT2D eigenvalue weighted by atomic mass is 10.1. The van der Waals surface area contributed by atoms with E-state index in [0.29, 0.717) is 6.42 Å². The van der Waals surface area contributed by atoms with E-state index in [0.717, 1.165) is 22.9 Å². The number of aliphatic hydroxyl groups is 1. The molecule has 0 unspecified atom stereocenters. The molecule has 86 valence electrons. The molecule has 1 aliphatic carbocycles. The Balaban J connectivity index is 1.92. The third-order valence-electron chi connectivity index (χ3n) is 2.81. The maximum atomic E-state index is 11.7. The van der Waals surface area contributed by atoms with Crippen LogP contribution in [0.1, 0.15) is 18.4 Å². The van der Waals surface area contributed by atoms with Crippen molar-refractivity contribution in [2.45, 2.75) is 24.8 Å². The van der Waals surface area contributed by atoms with Gasteiger partial charge < -0.3 is 10.4 Å². The summed E-state index contributed by atoms with van der Waals surface area (Å²) in [6, 6.07) is 7.68. The summed E-state index contributed by atoms with van der Waals surface area (Å²) in [7, 11) is 0. The molecule has 0 bridgehead atoms. The Morgan fingerprint density at radius 1 is 1.50 bits per heavy atom. The summed E-state index contributed by atoms with van der Waals surface area (Å²) in [5.41, 5.74) is 0.656. The van der Waals surface area contributed by atoms with Crippen LogP contribution in [0.2, 0.25) is 0 Å². The number of hydrogen-bond acceptors (Lipinski definition) is 2. The lowest BCUT2D eigenvalue weighted by Gasteiger charge is -2.14. The summed E-state index contributed by atoms with van der Waals surface area (Å²) in [4.78, 5) is 11.7. The van der Waals surface area contributed by atoms with Gasteiger partial charge in [-0.05, 0) is 30.5 Å². The summed E-state index contributed by atoms with van der Waals surface area (Å²) >= 11 is 3.37. The van der Waals surface area contributed by atoms with Crippen LogP contribution >= 0.6 is 15.9 Å². The molecule has 0 aromatic heterocycles. The number of benzene rings is 1. The zero-order valence-corrected chi connectivity index (χ0v) is 10.5. The zero-order chi connectivity index (χ0) is 11.6. The van der Waals surface area contributed by atoms with Gasteiger partial charge in [-0.15, -0.1) is 0 Å². The minimum Gasteiger partial charge on any atom is -0.394 e. The lowest BCUT2D eigenvalue weighted by molar-refractivity contribution is -0.121. The van der Waals surface area contributed by atoms with E-state index in [1.54, 1.807) is 0 Å². The number of amides is 1. The van der Waals surface area contributed by atoms with Gasteiger partial charge in [-0.1, -0.05) is 28.1 Å². The van der Waals surface area contributed by atoms with Crippen LogP contribution in [-0.2, 0) is 11.2 Å². The number of hydrogen-bond donors (Lipinski definition) is 2. The predicted molar refractivity (Wildman–Crippen MR) is 65.0 cm³/mol. The highest BCUT2D eigenvalue weighted by Crippen LogP contribution is 2.34. The molecule has 0 spiro atoms. The third kappa shape index (κ3) is 2.83. The quantitative estimate of drug-likeness (QED) is 0.883. The summed E-state index contributed by atoms with van der Waals surface area (Å²) < 4.78 is 0.973. The first kappa shape index (κ1) is 11.6. The second kappa shape index (κ2) is 4.55. The van der Waals surface area contributed by atoms with Gasteiger partial charge in [0, 0.05) is 4.47 Å². The van der Waals surface area contributed by atoms with E-state index in [4.69, 9.17) is 5.11 Å². The highest BCUT2D eigenvalue weighted by molar-refractivity contribution is 9.10. The van der Waals surface area contributed by atoms with Gasteiger partial charge in [0.25, 0.3) is 0 Å². The summed E-state index contributed by atoms with van der Waals surface area (Å²) in [5, 5.41) is 12.0. The molecule has 1 aliphatic rings. The Labute approximate surface area is 103 Å². The Morgan fingerprint density at radius 3 is 2.81 bits per heavy atom. The maximum absolute atomic E-state index is 11.7. The van der Waals surface area contributed by atoms with Gasteiger partial charge in [-0.3, -0.25) is 4.79 Å². The van der Waals surface area contributed by atoms with Crippen LogP contribution in [0, 0.1) is 0 Å². The van der Waals surface area contributed by atoms with Crippen LogP contribution in [0.25, 0.3) is 0 Å². The van der Waals surface area contributed by atoms with Crippen molar-refractivity contribution in [3.63, 3.8) is 0 Å². The lowest BCUT2D eigenvalue weighted by Crippen LogP contribution is -2.40. The standard InChI is InChI=1S/C12H14BrNO2/c13-10-3-1-2-9(6-10)7-11(16)14-12(8-15)4-5-12/h1-3,6,15H,4-5,7-8H2,(H,14,16). The molecule has 2 rings (SSSR count). The molecular weight excluding hydrogens is 270 g/mol. The number of halogens is 1. The van der Waals surface area contributed by atoms with E-state index >= 15 is 0 Å². The van der Waals surface area contributed by atoms with E-state index in [1.165, 1.54) is 0 Å². The van der Waals surface area contributed by atoms with Crippen molar-refractivity contribution in [1.29, 1.82) is 0 Å². The highest BCUT2D eigenvalue weighted by atomic mass is 79.9. The molecule has 0 aliphatic heterocycles. The van der Waals surface area contributed by atoms with E-state index < -0.39 is 0 Å². The minimum atomic E-state index is -0.316. The first-order valence-corrected chi connectivity index (χ1v) is 6.09. The number of nitrogens with one attached hydrogen (secondary N) is 1. The Hall–Kier alpha value is -0.870.